The minimum Gasteiger partial charge on any atom is -0.494 e. The summed E-state index contributed by atoms with van der Waals surface area (Å²) in [6, 6.07) is 18.8. The van der Waals surface area contributed by atoms with Gasteiger partial charge in [0.2, 0.25) is 6.79 Å². The molecule has 0 unspecified atom stereocenters. The standard InChI is InChI=1S/C27H21N3O5S.C2HF3O2/c1-33-23-22-24(36-25(23)26(31)29-13-16-9-10-20-21(12-16)35-15-34-20)18-7-2-3-8-19(18)30(27(22)32)14-17-6-4-5-11-28-17;3-2(4,5)1(6)7/h2-12H,13-15H2,1H3,(H,29,31);(H,6,7). The Morgan fingerprint density at radius 3 is 2.51 bits per heavy atom. The maximum Gasteiger partial charge on any atom is 0.490 e. The van der Waals surface area contributed by atoms with Crippen molar-refractivity contribution in [2.45, 2.75) is 19.3 Å². The number of rotatable bonds is 6. The highest BCUT2D eigenvalue weighted by Crippen LogP contribution is 2.40. The molecule has 222 valence electrons. The lowest BCUT2D eigenvalue weighted by Crippen LogP contribution is -2.23. The number of pyridine rings is 2. The Balaban J connectivity index is 0.000000472. The highest BCUT2D eigenvalue weighted by Gasteiger charge is 2.38. The molecule has 14 heteroatoms. The predicted molar refractivity (Wildman–Crippen MR) is 151 cm³/mol. The first-order chi connectivity index (χ1) is 20.6. The van der Waals surface area contributed by atoms with Crippen molar-refractivity contribution in [1.29, 1.82) is 0 Å². The molecule has 4 heterocycles. The van der Waals surface area contributed by atoms with Gasteiger partial charge in [0.15, 0.2) is 17.2 Å². The zero-order valence-corrected chi connectivity index (χ0v) is 23.1. The van der Waals surface area contributed by atoms with E-state index in [0.717, 1.165) is 26.9 Å². The van der Waals surface area contributed by atoms with E-state index in [4.69, 9.17) is 24.1 Å². The molecule has 0 spiro atoms. The zero-order valence-electron chi connectivity index (χ0n) is 22.3. The highest BCUT2D eigenvalue weighted by molar-refractivity contribution is 7.22. The van der Waals surface area contributed by atoms with Crippen molar-refractivity contribution in [3.05, 3.63) is 93.3 Å². The van der Waals surface area contributed by atoms with Crippen LogP contribution in [0.1, 0.15) is 20.9 Å². The van der Waals surface area contributed by atoms with Crippen molar-refractivity contribution in [2.24, 2.45) is 0 Å². The van der Waals surface area contributed by atoms with Crippen molar-refractivity contribution >= 4 is 44.2 Å². The number of fused-ring (bicyclic) bond motifs is 4. The average molecular weight is 614 g/mol. The molecule has 1 aliphatic rings. The number of carbonyl (C=O) groups is 2. The number of halogens is 3. The minimum absolute atomic E-state index is 0.190. The molecule has 2 N–H and O–H groups in total. The normalized spacial score (nSPS) is 12.1. The van der Waals surface area contributed by atoms with Crippen LogP contribution in [0.3, 0.4) is 0 Å². The molecule has 0 atom stereocenters. The van der Waals surface area contributed by atoms with Gasteiger partial charge in [-0.1, -0.05) is 30.3 Å². The first-order valence-electron chi connectivity index (χ1n) is 12.6. The van der Waals surface area contributed by atoms with E-state index >= 15 is 0 Å². The van der Waals surface area contributed by atoms with Crippen molar-refractivity contribution in [3.8, 4) is 17.2 Å². The van der Waals surface area contributed by atoms with Gasteiger partial charge in [0, 0.05) is 18.1 Å². The van der Waals surface area contributed by atoms with Crippen LogP contribution in [-0.4, -0.2) is 46.6 Å². The number of alkyl halides is 3. The number of nitrogens with zero attached hydrogens (tertiary/aromatic N) is 2. The topological polar surface area (TPSA) is 129 Å². The number of hydrogen-bond acceptors (Lipinski definition) is 8. The fourth-order valence-electron chi connectivity index (χ4n) is 4.41. The van der Waals surface area contributed by atoms with Gasteiger partial charge in [0.1, 0.15) is 10.3 Å². The molecule has 0 bridgehead atoms. The van der Waals surface area contributed by atoms with Gasteiger partial charge in [-0.3, -0.25) is 14.6 Å². The second-order valence-corrected chi connectivity index (χ2v) is 10.1. The second kappa shape index (κ2) is 12.0. The number of nitrogens with one attached hydrogen (secondary N) is 1. The third-order valence-electron chi connectivity index (χ3n) is 6.35. The molecule has 43 heavy (non-hydrogen) atoms. The van der Waals surface area contributed by atoms with Gasteiger partial charge in [0.25, 0.3) is 11.5 Å². The van der Waals surface area contributed by atoms with E-state index in [-0.39, 0.29) is 30.6 Å². The number of aliphatic carboxylic acids is 1. The molecular formula is C29H22F3N3O7S. The number of hydrogen-bond donors (Lipinski definition) is 2. The second-order valence-electron chi connectivity index (χ2n) is 9.07. The third-order valence-corrected chi connectivity index (χ3v) is 7.56. The molecule has 1 amide bonds. The van der Waals surface area contributed by atoms with E-state index in [0.29, 0.717) is 28.3 Å². The Labute approximate surface area is 244 Å². The van der Waals surface area contributed by atoms with Crippen LogP contribution >= 0.6 is 11.3 Å². The summed E-state index contributed by atoms with van der Waals surface area (Å²) in [4.78, 5) is 40.7. The van der Waals surface area contributed by atoms with Gasteiger partial charge >= 0.3 is 12.1 Å². The molecule has 0 saturated carbocycles. The SMILES string of the molecule is COc1c(C(=O)NCc2ccc3c(c2)OCO3)sc2c1c(=O)n(Cc1ccccn1)c1ccccc21.O=C(O)C(F)(F)F. The van der Waals surface area contributed by atoms with Gasteiger partial charge in [-0.15, -0.1) is 11.3 Å². The molecular weight excluding hydrogens is 591 g/mol. The van der Waals surface area contributed by atoms with Crippen LogP contribution < -0.4 is 25.1 Å². The van der Waals surface area contributed by atoms with Crippen LogP contribution in [0, 0.1) is 0 Å². The third kappa shape index (κ3) is 6.09. The summed E-state index contributed by atoms with van der Waals surface area (Å²) in [5.74, 6) is -1.45. The molecule has 5 aromatic rings. The van der Waals surface area contributed by atoms with E-state index in [1.165, 1.54) is 18.4 Å². The molecule has 10 nitrogen and oxygen atoms in total. The largest absolute Gasteiger partial charge is 0.494 e. The maximum absolute atomic E-state index is 13.8. The van der Waals surface area contributed by atoms with Crippen molar-refractivity contribution in [2.75, 3.05) is 13.9 Å². The number of para-hydroxylation sites is 1. The summed E-state index contributed by atoms with van der Waals surface area (Å²) >= 11 is 1.26. The number of methoxy groups -OCH3 is 1. The number of thiophene rings is 1. The fourth-order valence-corrected chi connectivity index (χ4v) is 5.63. The van der Waals surface area contributed by atoms with Gasteiger partial charge in [0.05, 0.1) is 29.6 Å². The predicted octanol–water partition coefficient (Wildman–Crippen LogP) is 4.96. The van der Waals surface area contributed by atoms with Crippen LogP contribution in [0.2, 0.25) is 0 Å². The van der Waals surface area contributed by atoms with Crippen LogP contribution in [0.5, 0.6) is 17.2 Å². The molecule has 1 aliphatic heterocycles. The molecule has 0 fully saturated rings. The summed E-state index contributed by atoms with van der Waals surface area (Å²) in [7, 11) is 1.48. The summed E-state index contributed by atoms with van der Waals surface area (Å²) in [5, 5.41) is 11.3. The Morgan fingerprint density at radius 1 is 1.09 bits per heavy atom. The van der Waals surface area contributed by atoms with Crippen LogP contribution in [0.15, 0.2) is 71.7 Å². The van der Waals surface area contributed by atoms with E-state index in [9.17, 15) is 22.8 Å². The first-order valence-corrected chi connectivity index (χ1v) is 13.4. The lowest BCUT2D eigenvalue weighted by molar-refractivity contribution is -0.192. The monoisotopic (exact) mass is 613 g/mol. The summed E-state index contributed by atoms with van der Waals surface area (Å²) in [6.07, 6.45) is -3.38. The lowest BCUT2D eigenvalue weighted by atomic mass is 10.1. The highest BCUT2D eigenvalue weighted by atomic mass is 32.1. The van der Waals surface area contributed by atoms with Crippen LogP contribution in [-0.2, 0) is 17.9 Å². The van der Waals surface area contributed by atoms with Gasteiger partial charge < -0.3 is 29.2 Å². The van der Waals surface area contributed by atoms with E-state index in [2.05, 4.69) is 10.3 Å². The number of carboxylic acids is 1. The molecule has 3 aromatic heterocycles. The summed E-state index contributed by atoms with van der Waals surface area (Å²) in [5.41, 5.74) is 2.19. The van der Waals surface area contributed by atoms with Crippen LogP contribution in [0.25, 0.3) is 21.0 Å². The Kier molecular flexibility index (Phi) is 8.21. The first kappa shape index (κ1) is 29.4. The maximum atomic E-state index is 13.8. The molecule has 0 aliphatic carbocycles. The number of amides is 1. The lowest BCUT2D eigenvalue weighted by Gasteiger charge is -2.11. The number of carbonyl (C=O) groups excluding carboxylic acids is 1. The Hall–Kier alpha value is -5.11. The molecule has 0 saturated heterocycles. The smallest absolute Gasteiger partial charge is 0.490 e. The summed E-state index contributed by atoms with van der Waals surface area (Å²) < 4.78 is 50.6. The number of ether oxygens (including phenoxy) is 3. The average Bonchev–Trinajstić information content (AvgIpc) is 3.63. The molecule has 2 aromatic carbocycles. The molecule has 6 rings (SSSR count). The summed E-state index contributed by atoms with van der Waals surface area (Å²) in [6.45, 7) is 0.786. The van der Waals surface area contributed by atoms with E-state index < -0.39 is 12.1 Å². The fraction of sp³-hybridized carbons (Fsp3) is 0.172. The van der Waals surface area contributed by atoms with Crippen molar-refractivity contribution < 1.29 is 42.1 Å². The van der Waals surface area contributed by atoms with E-state index in [1.807, 2.05) is 60.7 Å². The van der Waals surface area contributed by atoms with E-state index in [1.54, 1.807) is 10.8 Å². The van der Waals surface area contributed by atoms with Crippen molar-refractivity contribution in [1.82, 2.24) is 14.9 Å². The quantitative estimate of drug-likeness (QED) is 0.275. The Morgan fingerprint density at radius 2 is 1.81 bits per heavy atom. The number of aromatic nitrogens is 2. The number of carboxylic acid groups (broad SMARTS) is 1. The Bertz CT molecular complexity index is 1890. The van der Waals surface area contributed by atoms with Crippen LogP contribution in [0.4, 0.5) is 13.2 Å². The van der Waals surface area contributed by atoms with Gasteiger partial charge in [-0.05, 0) is 35.9 Å². The number of benzene rings is 2. The van der Waals surface area contributed by atoms with Crippen molar-refractivity contribution in [3.63, 3.8) is 0 Å². The minimum atomic E-state index is -5.08. The molecule has 0 radical (unpaired) electrons. The van der Waals surface area contributed by atoms with Gasteiger partial charge in [-0.2, -0.15) is 13.2 Å². The zero-order chi connectivity index (χ0) is 30.7. The van der Waals surface area contributed by atoms with Gasteiger partial charge in [-0.25, -0.2) is 4.79 Å².